The van der Waals surface area contributed by atoms with Crippen molar-refractivity contribution in [2.45, 2.75) is 51.1 Å². The van der Waals surface area contributed by atoms with Crippen molar-refractivity contribution in [2.24, 2.45) is 35.5 Å². The fourth-order valence-corrected chi connectivity index (χ4v) is 7.49. The van der Waals surface area contributed by atoms with Gasteiger partial charge in [-0.15, -0.1) is 0 Å². The van der Waals surface area contributed by atoms with Crippen molar-refractivity contribution >= 4 is 11.8 Å². The zero-order valence-corrected chi connectivity index (χ0v) is 15.8. The lowest BCUT2D eigenvalue weighted by Crippen LogP contribution is -2.41. The van der Waals surface area contributed by atoms with Crippen molar-refractivity contribution in [1.29, 1.82) is 0 Å². The number of amides is 2. The number of nitrogens with zero attached hydrogens (tertiary/aromatic N) is 2. The molecule has 0 spiro atoms. The van der Waals surface area contributed by atoms with Crippen LogP contribution < -0.4 is 0 Å². The van der Waals surface area contributed by atoms with Gasteiger partial charge >= 0.3 is 0 Å². The van der Waals surface area contributed by atoms with Crippen molar-refractivity contribution in [3.8, 4) is 0 Å². The van der Waals surface area contributed by atoms with E-state index in [1.807, 2.05) is 6.92 Å². The Bertz CT molecular complexity index is 875. The van der Waals surface area contributed by atoms with Gasteiger partial charge in [-0.25, -0.2) is 0 Å². The zero-order valence-electron chi connectivity index (χ0n) is 15.8. The Morgan fingerprint density at radius 1 is 0.963 bits per heavy atom. The first-order valence-electron chi connectivity index (χ1n) is 10.8. The van der Waals surface area contributed by atoms with Gasteiger partial charge in [0.05, 0.1) is 18.2 Å². The van der Waals surface area contributed by atoms with Crippen LogP contribution in [0.1, 0.15) is 47.4 Å². The normalized spacial score (nSPS) is 44.6. The molecule has 4 aliphatic carbocycles. The van der Waals surface area contributed by atoms with Gasteiger partial charge in [0.2, 0.25) is 5.91 Å². The van der Waals surface area contributed by atoms with E-state index in [1.165, 1.54) is 25.7 Å². The maximum atomic E-state index is 13.3. The summed E-state index contributed by atoms with van der Waals surface area (Å²) >= 11 is 0. The summed E-state index contributed by atoms with van der Waals surface area (Å²) in [6.45, 7) is 3.76. The maximum Gasteiger partial charge on any atom is 0.257 e. The van der Waals surface area contributed by atoms with Crippen LogP contribution in [0.4, 0.5) is 0 Å². The number of hydrogen-bond donors (Lipinski definition) is 0. The van der Waals surface area contributed by atoms with Crippen molar-refractivity contribution in [3.05, 3.63) is 23.2 Å². The van der Waals surface area contributed by atoms with E-state index in [9.17, 15) is 9.59 Å². The highest BCUT2D eigenvalue weighted by molar-refractivity contribution is 5.98. The number of carbonyl (C=O) groups excluding carboxylic acids is 2. The lowest BCUT2D eigenvalue weighted by Gasteiger charge is -2.28. The highest BCUT2D eigenvalue weighted by Gasteiger charge is 2.62. The number of rotatable bonds is 3. The molecule has 6 aliphatic rings. The molecule has 1 aromatic rings. The molecule has 5 heteroatoms. The number of likely N-dealkylation sites (tertiary alicyclic amines) is 2. The Labute approximate surface area is 159 Å². The lowest BCUT2D eigenvalue weighted by molar-refractivity contribution is -0.132. The highest BCUT2D eigenvalue weighted by atomic mass is 16.3. The molecule has 0 aromatic carbocycles. The molecule has 4 bridgehead atoms. The molecule has 0 unspecified atom stereocenters. The number of hydrogen-bond acceptors (Lipinski definition) is 3. The molecule has 142 valence electrons. The van der Waals surface area contributed by atoms with E-state index < -0.39 is 0 Å². The second kappa shape index (κ2) is 4.79. The molecular weight excluding hydrogens is 340 g/mol. The summed E-state index contributed by atoms with van der Waals surface area (Å²) < 4.78 is 5.75. The first kappa shape index (κ1) is 15.2. The average Bonchev–Trinajstić information content (AvgIpc) is 3.41. The van der Waals surface area contributed by atoms with Gasteiger partial charge in [0.15, 0.2) is 0 Å². The van der Waals surface area contributed by atoms with Crippen molar-refractivity contribution < 1.29 is 14.0 Å². The fourth-order valence-electron chi connectivity index (χ4n) is 7.49. The molecule has 4 saturated carbocycles. The molecule has 3 heterocycles. The number of furan rings is 1. The molecule has 1 aromatic heterocycles. The third-order valence-corrected chi connectivity index (χ3v) is 8.89. The predicted molar refractivity (Wildman–Crippen MR) is 96.9 cm³/mol. The van der Waals surface area contributed by atoms with Gasteiger partial charge in [-0.3, -0.25) is 9.59 Å². The maximum absolute atomic E-state index is 13.3. The lowest BCUT2D eigenvalue weighted by atomic mass is 10.0. The minimum absolute atomic E-state index is 0.104. The molecule has 5 nitrogen and oxygen atoms in total. The summed E-state index contributed by atoms with van der Waals surface area (Å²) in [5.74, 6) is 5.60. The summed E-state index contributed by atoms with van der Waals surface area (Å²) in [6.07, 6.45) is 6.92. The van der Waals surface area contributed by atoms with Crippen molar-refractivity contribution in [1.82, 2.24) is 9.80 Å². The monoisotopic (exact) mass is 366 g/mol. The van der Waals surface area contributed by atoms with E-state index in [1.54, 1.807) is 6.26 Å². The smallest absolute Gasteiger partial charge is 0.257 e. The molecule has 2 amide bonds. The number of carbonyl (C=O) groups is 2. The van der Waals surface area contributed by atoms with Crippen LogP contribution >= 0.6 is 0 Å². The van der Waals surface area contributed by atoms with Gasteiger partial charge in [0.25, 0.3) is 5.91 Å². The van der Waals surface area contributed by atoms with E-state index in [0.29, 0.717) is 29.3 Å². The summed E-state index contributed by atoms with van der Waals surface area (Å²) in [7, 11) is 0. The minimum atomic E-state index is 0.104. The largest absolute Gasteiger partial charge is 0.468 e. The number of piperidine rings is 2. The van der Waals surface area contributed by atoms with Crippen LogP contribution in [0.25, 0.3) is 0 Å². The molecule has 6 fully saturated rings. The van der Waals surface area contributed by atoms with E-state index in [2.05, 4.69) is 9.80 Å². The Kier molecular flexibility index (Phi) is 2.69. The summed E-state index contributed by atoms with van der Waals surface area (Å²) in [6, 6.07) is 0.898. The molecule has 0 N–H and O–H groups in total. The van der Waals surface area contributed by atoms with Crippen molar-refractivity contribution in [2.75, 3.05) is 13.1 Å². The van der Waals surface area contributed by atoms with Crippen LogP contribution in [-0.4, -0.2) is 46.8 Å². The number of aryl methyl sites for hydroxylation is 1. The van der Waals surface area contributed by atoms with E-state index in [4.69, 9.17) is 4.42 Å². The molecule has 7 rings (SSSR count). The number of fused-ring (bicyclic) bond motifs is 10. The molecule has 2 aliphatic heterocycles. The van der Waals surface area contributed by atoms with E-state index >= 15 is 0 Å². The molecule has 2 saturated heterocycles. The van der Waals surface area contributed by atoms with Gasteiger partial charge < -0.3 is 14.2 Å². The second-order valence-electron chi connectivity index (χ2n) is 10.2. The van der Waals surface area contributed by atoms with Gasteiger partial charge in [-0.05, 0) is 68.1 Å². The molecular formula is C22H26N2O3. The van der Waals surface area contributed by atoms with Crippen LogP contribution in [0, 0.1) is 42.4 Å². The third-order valence-electron chi connectivity index (χ3n) is 8.89. The van der Waals surface area contributed by atoms with E-state index in [0.717, 1.165) is 48.2 Å². The first-order valence-corrected chi connectivity index (χ1v) is 10.8. The Hall–Kier alpha value is -1.78. The topological polar surface area (TPSA) is 53.8 Å². The SMILES string of the molecule is Cc1coc(CC(=O)N2C[C@@H]3C[C@H]2[C@H]2C[C@@H]32)c1C(=O)N1C[C@@H]2C[C@H]1[C@H]1C[C@@H]21. The van der Waals surface area contributed by atoms with Crippen LogP contribution in [0.2, 0.25) is 0 Å². The summed E-state index contributed by atoms with van der Waals surface area (Å²) in [4.78, 5) is 30.5. The van der Waals surface area contributed by atoms with Crippen LogP contribution in [0.3, 0.4) is 0 Å². The van der Waals surface area contributed by atoms with Gasteiger partial charge in [0, 0.05) is 30.7 Å². The summed E-state index contributed by atoms with van der Waals surface area (Å²) in [5, 5.41) is 0. The zero-order chi connectivity index (χ0) is 18.0. The summed E-state index contributed by atoms with van der Waals surface area (Å²) in [5.41, 5.74) is 1.55. The van der Waals surface area contributed by atoms with Gasteiger partial charge in [0.1, 0.15) is 5.76 Å². The predicted octanol–water partition coefficient (Wildman–Crippen LogP) is 2.48. The average molecular weight is 366 g/mol. The Balaban J connectivity index is 1.13. The Morgan fingerprint density at radius 2 is 1.59 bits per heavy atom. The van der Waals surface area contributed by atoms with Crippen molar-refractivity contribution in [3.63, 3.8) is 0 Å². The molecule has 0 radical (unpaired) electrons. The van der Waals surface area contributed by atoms with Crippen LogP contribution in [0.15, 0.2) is 10.7 Å². The standard InChI is InChI=1S/C22H26N2O3/c1-10-9-27-19(6-20(25)23-7-11-2-17(23)15-4-13(11)15)21(10)22(26)24-8-12-3-18(24)16-5-14(12)16/h9,11-18H,2-8H2,1H3/t11-,12-,13-,14-,15-,16-,17-,18-/m0/s1. The minimum Gasteiger partial charge on any atom is -0.468 e. The second-order valence-corrected chi connectivity index (χ2v) is 10.2. The van der Waals surface area contributed by atoms with Crippen LogP contribution in [-0.2, 0) is 11.2 Å². The van der Waals surface area contributed by atoms with Gasteiger partial charge in [-0.1, -0.05) is 0 Å². The first-order chi connectivity index (χ1) is 13.1. The quantitative estimate of drug-likeness (QED) is 0.826. The van der Waals surface area contributed by atoms with E-state index in [-0.39, 0.29) is 18.2 Å². The fraction of sp³-hybridized carbons (Fsp3) is 0.727. The molecule has 27 heavy (non-hydrogen) atoms. The highest BCUT2D eigenvalue weighted by Crippen LogP contribution is 2.62. The third kappa shape index (κ3) is 1.91. The van der Waals surface area contributed by atoms with Crippen LogP contribution in [0.5, 0.6) is 0 Å². The Morgan fingerprint density at radius 3 is 2.22 bits per heavy atom. The van der Waals surface area contributed by atoms with Gasteiger partial charge in [-0.2, -0.15) is 0 Å². The molecule has 8 atom stereocenters.